The van der Waals surface area contributed by atoms with Gasteiger partial charge in [0.25, 0.3) is 0 Å². The summed E-state index contributed by atoms with van der Waals surface area (Å²) in [5.41, 5.74) is 1.87. The molecule has 3 N–H and O–H groups in total. The van der Waals surface area contributed by atoms with Crippen molar-refractivity contribution in [1.29, 1.82) is 0 Å². The van der Waals surface area contributed by atoms with Crippen molar-refractivity contribution in [1.82, 2.24) is 20.8 Å². The van der Waals surface area contributed by atoms with Crippen molar-refractivity contribution >= 4 is 11.7 Å². The van der Waals surface area contributed by atoms with Crippen LogP contribution in [0.15, 0.2) is 35.1 Å². The molecule has 0 spiro atoms. The minimum absolute atomic E-state index is 0.229. The van der Waals surface area contributed by atoms with Crippen molar-refractivity contribution in [3.8, 4) is 0 Å². The molecule has 7 heteroatoms. The Morgan fingerprint density at radius 3 is 3.00 bits per heavy atom. The van der Waals surface area contributed by atoms with Crippen LogP contribution in [0.1, 0.15) is 24.4 Å². The van der Waals surface area contributed by atoms with E-state index in [-0.39, 0.29) is 12.1 Å². The SMILES string of the molecule is CNC(C)c1cccc(NC(=O)NCCc2ncno2)c1. The molecule has 2 rings (SSSR count). The van der Waals surface area contributed by atoms with Gasteiger partial charge in [0.15, 0.2) is 6.33 Å². The largest absolute Gasteiger partial charge is 0.340 e. The van der Waals surface area contributed by atoms with Crippen molar-refractivity contribution in [2.24, 2.45) is 0 Å². The molecule has 0 bridgehead atoms. The van der Waals surface area contributed by atoms with Crippen LogP contribution in [0.3, 0.4) is 0 Å². The van der Waals surface area contributed by atoms with E-state index in [0.717, 1.165) is 11.3 Å². The monoisotopic (exact) mass is 289 g/mol. The van der Waals surface area contributed by atoms with Gasteiger partial charge in [-0.1, -0.05) is 17.3 Å². The molecule has 1 aromatic carbocycles. The lowest BCUT2D eigenvalue weighted by molar-refractivity contribution is 0.252. The van der Waals surface area contributed by atoms with Crippen LogP contribution in [0.4, 0.5) is 10.5 Å². The molecule has 21 heavy (non-hydrogen) atoms. The Bertz CT molecular complexity index is 571. The molecule has 0 saturated carbocycles. The molecule has 0 radical (unpaired) electrons. The van der Waals surface area contributed by atoms with E-state index in [2.05, 4.69) is 33.0 Å². The first-order valence-electron chi connectivity index (χ1n) is 6.76. The lowest BCUT2D eigenvalue weighted by atomic mass is 10.1. The van der Waals surface area contributed by atoms with Gasteiger partial charge in [-0.05, 0) is 31.7 Å². The molecule has 2 aromatic rings. The molecule has 1 atom stereocenters. The third-order valence-corrected chi connectivity index (χ3v) is 3.11. The van der Waals surface area contributed by atoms with Gasteiger partial charge in [-0.15, -0.1) is 0 Å². The van der Waals surface area contributed by atoms with Gasteiger partial charge in [-0.2, -0.15) is 4.98 Å². The highest BCUT2D eigenvalue weighted by atomic mass is 16.5. The maximum absolute atomic E-state index is 11.8. The van der Waals surface area contributed by atoms with Gasteiger partial charge in [0, 0.05) is 24.7 Å². The van der Waals surface area contributed by atoms with Crippen LogP contribution >= 0.6 is 0 Å². The molecule has 1 unspecified atom stereocenters. The second kappa shape index (κ2) is 7.39. The minimum atomic E-state index is -0.260. The molecule has 112 valence electrons. The Morgan fingerprint density at radius 2 is 2.29 bits per heavy atom. The Kier molecular flexibility index (Phi) is 5.28. The molecule has 0 saturated heterocycles. The van der Waals surface area contributed by atoms with E-state index in [1.54, 1.807) is 0 Å². The number of anilines is 1. The third-order valence-electron chi connectivity index (χ3n) is 3.11. The Balaban J connectivity index is 1.82. The summed E-state index contributed by atoms with van der Waals surface area (Å²) in [4.78, 5) is 15.7. The molecule has 2 amide bonds. The van der Waals surface area contributed by atoms with E-state index in [1.165, 1.54) is 6.33 Å². The number of urea groups is 1. The predicted molar refractivity (Wildman–Crippen MR) is 78.9 cm³/mol. The average Bonchev–Trinajstić information content (AvgIpc) is 3.00. The second-order valence-corrected chi connectivity index (χ2v) is 4.60. The lowest BCUT2D eigenvalue weighted by Gasteiger charge is -2.13. The predicted octanol–water partition coefficient (Wildman–Crippen LogP) is 1.71. The Hall–Kier alpha value is -2.41. The third kappa shape index (κ3) is 4.57. The zero-order valence-electron chi connectivity index (χ0n) is 12.1. The Morgan fingerprint density at radius 1 is 1.43 bits per heavy atom. The maximum atomic E-state index is 11.8. The quantitative estimate of drug-likeness (QED) is 0.753. The summed E-state index contributed by atoms with van der Waals surface area (Å²) < 4.78 is 4.85. The van der Waals surface area contributed by atoms with Crippen LogP contribution in [-0.2, 0) is 6.42 Å². The fourth-order valence-corrected chi connectivity index (χ4v) is 1.82. The van der Waals surface area contributed by atoms with Gasteiger partial charge in [0.2, 0.25) is 5.89 Å². The van der Waals surface area contributed by atoms with Crippen molar-refractivity contribution in [2.75, 3.05) is 18.9 Å². The zero-order chi connectivity index (χ0) is 15.1. The molecule has 0 aliphatic carbocycles. The highest BCUT2D eigenvalue weighted by molar-refractivity contribution is 5.89. The lowest BCUT2D eigenvalue weighted by Crippen LogP contribution is -2.30. The van der Waals surface area contributed by atoms with Gasteiger partial charge in [0.1, 0.15) is 0 Å². The molecular weight excluding hydrogens is 270 g/mol. The number of benzene rings is 1. The summed E-state index contributed by atoms with van der Waals surface area (Å²) >= 11 is 0. The average molecular weight is 289 g/mol. The molecule has 0 aliphatic rings. The first kappa shape index (κ1) is 15.0. The summed E-state index contributed by atoms with van der Waals surface area (Å²) in [5.74, 6) is 0.500. The summed E-state index contributed by atoms with van der Waals surface area (Å²) in [6.45, 7) is 2.49. The van der Waals surface area contributed by atoms with Crippen molar-refractivity contribution in [3.63, 3.8) is 0 Å². The molecular formula is C14H19N5O2. The minimum Gasteiger partial charge on any atom is -0.340 e. The number of hydrogen-bond donors (Lipinski definition) is 3. The normalized spacial score (nSPS) is 11.9. The van der Waals surface area contributed by atoms with Crippen LogP contribution < -0.4 is 16.0 Å². The highest BCUT2D eigenvalue weighted by Gasteiger charge is 2.06. The van der Waals surface area contributed by atoms with Gasteiger partial charge >= 0.3 is 6.03 Å². The smallest absolute Gasteiger partial charge is 0.319 e. The van der Waals surface area contributed by atoms with Crippen LogP contribution in [0.25, 0.3) is 0 Å². The van der Waals surface area contributed by atoms with E-state index >= 15 is 0 Å². The van der Waals surface area contributed by atoms with Crippen molar-refractivity contribution in [3.05, 3.63) is 42.0 Å². The number of hydrogen-bond acceptors (Lipinski definition) is 5. The number of nitrogens with one attached hydrogen (secondary N) is 3. The van der Waals surface area contributed by atoms with E-state index in [0.29, 0.717) is 18.9 Å². The first-order chi connectivity index (χ1) is 10.2. The van der Waals surface area contributed by atoms with Crippen LogP contribution in [0, 0.1) is 0 Å². The van der Waals surface area contributed by atoms with E-state index in [1.807, 2.05) is 31.3 Å². The number of aromatic nitrogens is 2. The fraction of sp³-hybridized carbons (Fsp3) is 0.357. The highest BCUT2D eigenvalue weighted by Crippen LogP contribution is 2.16. The van der Waals surface area contributed by atoms with Gasteiger partial charge in [-0.25, -0.2) is 4.79 Å². The van der Waals surface area contributed by atoms with Crippen molar-refractivity contribution < 1.29 is 9.32 Å². The molecule has 1 aromatic heterocycles. The van der Waals surface area contributed by atoms with Crippen LogP contribution in [0.5, 0.6) is 0 Å². The van der Waals surface area contributed by atoms with E-state index in [4.69, 9.17) is 4.52 Å². The van der Waals surface area contributed by atoms with Gasteiger partial charge in [0.05, 0.1) is 0 Å². The number of carbonyl (C=O) groups is 1. The summed E-state index contributed by atoms with van der Waals surface area (Å²) in [5, 5.41) is 12.2. The zero-order valence-corrected chi connectivity index (χ0v) is 12.1. The van der Waals surface area contributed by atoms with Crippen LogP contribution in [0.2, 0.25) is 0 Å². The number of rotatable bonds is 6. The van der Waals surface area contributed by atoms with Crippen molar-refractivity contribution in [2.45, 2.75) is 19.4 Å². The molecule has 1 heterocycles. The fourth-order valence-electron chi connectivity index (χ4n) is 1.82. The van der Waals surface area contributed by atoms with E-state index in [9.17, 15) is 4.79 Å². The summed E-state index contributed by atoms with van der Waals surface area (Å²) in [7, 11) is 1.90. The number of nitrogens with zero attached hydrogens (tertiary/aromatic N) is 2. The molecule has 7 nitrogen and oxygen atoms in total. The van der Waals surface area contributed by atoms with Gasteiger partial charge in [-0.3, -0.25) is 0 Å². The standard InChI is InChI=1S/C14H19N5O2/c1-10(15-2)11-4-3-5-12(8-11)19-14(20)16-7-6-13-17-9-18-21-13/h3-5,8-10,15H,6-7H2,1-2H3,(H2,16,19,20). The number of amides is 2. The summed E-state index contributed by atoms with van der Waals surface area (Å²) in [6.07, 6.45) is 1.84. The summed E-state index contributed by atoms with van der Waals surface area (Å²) in [6, 6.07) is 7.69. The second-order valence-electron chi connectivity index (χ2n) is 4.60. The number of carbonyl (C=O) groups excluding carboxylic acids is 1. The first-order valence-corrected chi connectivity index (χ1v) is 6.76. The molecule has 0 aliphatic heterocycles. The maximum Gasteiger partial charge on any atom is 0.319 e. The van der Waals surface area contributed by atoms with Crippen LogP contribution in [-0.4, -0.2) is 29.8 Å². The molecule has 0 fully saturated rings. The Labute approximate surface area is 123 Å². The van der Waals surface area contributed by atoms with E-state index < -0.39 is 0 Å². The van der Waals surface area contributed by atoms with Gasteiger partial charge < -0.3 is 20.5 Å². The topological polar surface area (TPSA) is 92.1 Å².